The summed E-state index contributed by atoms with van der Waals surface area (Å²) in [5, 5.41) is 13.5. The molecule has 0 saturated carbocycles. The lowest BCUT2D eigenvalue weighted by molar-refractivity contribution is 0.118. The van der Waals surface area contributed by atoms with Crippen molar-refractivity contribution < 1.29 is 14.6 Å². The van der Waals surface area contributed by atoms with Crippen molar-refractivity contribution in [3.8, 4) is 0 Å². The Bertz CT molecular complexity index is 914. The lowest BCUT2D eigenvalue weighted by Crippen LogP contribution is -2.31. The Morgan fingerprint density at radius 1 is 1.00 bits per heavy atom. The first-order valence-corrected chi connectivity index (χ1v) is 10.7. The Morgan fingerprint density at radius 3 is 2.39 bits per heavy atom. The zero-order valence-corrected chi connectivity index (χ0v) is 17.9. The molecule has 2 atom stereocenters. The van der Waals surface area contributed by atoms with Gasteiger partial charge in [-0.2, -0.15) is 0 Å². The summed E-state index contributed by atoms with van der Waals surface area (Å²) in [7, 11) is 0. The highest BCUT2D eigenvalue weighted by Crippen LogP contribution is 2.21. The Morgan fingerprint density at radius 2 is 1.71 bits per heavy atom. The van der Waals surface area contributed by atoms with Crippen LogP contribution in [0.25, 0.3) is 0 Å². The fourth-order valence-corrected chi connectivity index (χ4v) is 3.46. The number of aliphatic hydroxyl groups is 1. The van der Waals surface area contributed by atoms with Crippen LogP contribution >= 0.6 is 0 Å². The van der Waals surface area contributed by atoms with E-state index in [1.54, 1.807) is 6.20 Å². The van der Waals surface area contributed by atoms with Crippen LogP contribution in [0.1, 0.15) is 47.7 Å². The molecule has 0 fully saturated rings. The number of pyridine rings is 1. The maximum Gasteiger partial charge on any atom is 0.407 e. The van der Waals surface area contributed by atoms with Gasteiger partial charge < -0.3 is 15.2 Å². The number of carbonyl (C=O) groups is 1. The maximum absolute atomic E-state index is 12.4. The molecule has 5 heteroatoms. The van der Waals surface area contributed by atoms with Crippen molar-refractivity contribution in [1.29, 1.82) is 0 Å². The van der Waals surface area contributed by atoms with Gasteiger partial charge in [0.15, 0.2) is 0 Å². The summed E-state index contributed by atoms with van der Waals surface area (Å²) in [6.07, 6.45) is 3.59. The largest absolute Gasteiger partial charge is 0.445 e. The molecule has 1 amide bonds. The van der Waals surface area contributed by atoms with Gasteiger partial charge in [0, 0.05) is 17.5 Å². The highest BCUT2D eigenvalue weighted by Gasteiger charge is 2.19. The maximum atomic E-state index is 12.4. The number of hydrogen-bond acceptors (Lipinski definition) is 4. The van der Waals surface area contributed by atoms with Crippen LogP contribution < -0.4 is 5.32 Å². The van der Waals surface area contributed by atoms with Gasteiger partial charge in [0.2, 0.25) is 0 Å². The highest BCUT2D eigenvalue weighted by molar-refractivity contribution is 5.68. The molecule has 2 aromatic carbocycles. The van der Waals surface area contributed by atoms with Crippen molar-refractivity contribution >= 4 is 6.09 Å². The van der Waals surface area contributed by atoms with Crippen molar-refractivity contribution in [2.24, 2.45) is 0 Å². The SMILES string of the molecule is Cc1ccc(COC(=O)NC(CC(O)CCCc2ccccc2)c2ccccc2)cn1. The molecule has 0 radical (unpaired) electrons. The van der Waals surface area contributed by atoms with Gasteiger partial charge in [0.05, 0.1) is 12.1 Å². The van der Waals surface area contributed by atoms with E-state index in [-0.39, 0.29) is 12.6 Å². The molecular formula is C26H30N2O3. The predicted molar refractivity (Wildman–Crippen MR) is 121 cm³/mol. The van der Waals surface area contributed by atoms with Crippen molar-refractivity contribution in [3.63, 3.8) is 0 Å². The summed E-state index contributed by atoms with van der Waals surface area (Å²) in [6, 6.07) is 23.4. The molecule has 1 heterocycles. The van der Waals surface area contributed by atoms with E-state index in [1.807, 2.05) is 67.6 Å². The minimum atomic E-state index is -0.518. The molecule has 3 aromatic rings. The number of nitrogens with one attached hydrogen (secondary N) is 1. The smallest absolute Gasteiger partial charge is 0.407 e. The summed E-state index contributed by atoms with van der Waals surface area (Å²) >= 11 is 0. The number of benzene rings is 2. The van der Waals surface area contributed by atoms with Gasteiger partial charge in [-0.25, -0.2) is 4.79 Å². The van der Waals surface area contributed by atoms with E-state index in [4.69, 9.17) is 4.74 Å². The number of nitrogens with zero attached hydrogens (tertiary/aromatic N) is 1. The van der Waals surface area contributed by atoms with E-state index in [2.05, 4.69) is 22.4 Å². The summed E-state index contributed by atoms with van der Waals surface area (Å²) in [5.74, 6) is 0. The Kier molecular flexibility index (Phi) is 8.61. The van der Waals surface area contributed by atoms with E-state index in [0.717, 1.165) is 29.7 Å². The van der Waals surface area contributed by atoms with Crippen LogP contribution in [0.2, 0.25) is 0 Å². The second-order valence-electron chi connectivity index (χ2n) is 7.76. The van der Waals surface area contributed by atoms with Gasteiger partial charge in [0.25, 0.3) is 0 Å². The van der Waals surface area contributed by atoms with Crippen LogP contribution in [-0.2, 0) is 17.8 Å². The van der Waals surface area contributed by atoms with Gasteiger partial charge in [0.1, 0.15) is 6.61 Å². The molecule has 1 aromatic heterocycles. The van der Waals surface area contributed by atoms with Crippen LogP contribution in [0.3, 0.4) is 0 Å². The zero-order valence-electron chi connectivity index (χ0n) is 17.9. The van der Waals surface area contributed by atoms with Gasteiger partial charge in [-0.3, -0.25) is 4.98 Å². The highest BCUT2D eigenvalue weighted by atomic mass is 16.5. The van der Waals surface area contributed by atoms with Crippen LogP contribution in [0.5, 0.6) is 0 Å². The molecule has 162 valence electrons. The molecule has 0 aliphatic carbocycles. The Hall–Kier alpha value is -3.18. The monoisotopic (exact) mass is 418 g/mol. The molecular weight excluding hydrogens is 388 g/mol. The normalized spacial score (nSPS) is 12.7. The molecule has 2 N–H and O–H groups in total. The van der Waals surface area contributed by atoms with Crippen LogP contribution in [0.15, 0.2) is 79.0 Å². The lowest BCUT2D eigenvalue weighted by atomic mass is 9.97. The third-order valence-electron chi connectivity index (χ3n) is 5.19. The quantitative estimate of drug-likeness (QED) is 0.479. The van der Waals surface area contributed by atoms with E-state index in [9.17, 15) is 9.90 Å². The topological polar surface area (TPSA) is 71.5 Å². The fraction of sp³-hybridized carbons (Fsp3) is 0.308. The predicted octanol–water partition coefficient (Wildman–Crippen LogP) is 5.13. The molecule has 5 nitrogen and oxygen atoms in total. The van der Waals surface area contributed by atoms with Crippen molar-refractivity contribution in [1.82, 2.24) is 10.3 Å². The van der Waals surface area contributed by atoms with Crippen molar-refractivity contribution in [3.05, 3.63) is 101 Å². The average Bonchev–Trinajstić information content (AvgIpc) is 2.79. The number of aliphatic hydroxyl groups excluding tert-OH is 1. The number of ether oxygens (including phenoxy) is 1. The van der Waals surface area contributed by atoms with Crippen LogP contribution in [0.4, 0.5) is 4.79 Å². The van der Waals surface area contributed by atoms with E-state index >= 15 is 0 Å². The van der Waals surface area contributed by atoms with Crippen LogP contribution in [-0.4, -0.2) is 22.3 Å². The third-order valence-corrected chi connectivity index (χ3v) is 5.19. The number of alkyl carbamates (subject to hydrolysis) is 1. The number of amides is 1. The second kappa shape index (κ2) is 11.9. The molecule has 31 heavy (non-hydrogen) atoms. The third kappa shape index (κ3) is 7.87. The van der Waals surface area contributed by atoms with E-state index in [1.165, 1.54) is 5.56 Å². The average molecular weight is 419 g/mol. The molecule has 0 spiro atoms. The van der Waals surface area contributed by atoms with Gasteiger partial charge >= 0.3 is 6.09 Å². The number of carbonyl (C=O) groups excluding carboxylic acids is 1. The van der Waals surface area contributed by atoms with E-state index < -0.39 is 12.2 Å². The Balaban J connectivity index is 1.52. The van der Waals surface area contributed by atoms with Crippen LogP contribution in [0, 0.1) is 6.92 Å². The first-order valence-electron chi connectivity index (χ1n) is 10.7. The molecule has 0 aliphatic rings. The van der Waals surface area contributed by atoms with Gasteiger partial charge in [-0.05, 0) is 49.8 Å². The number of rotatable bonds is 10. The van der Waals surface area contributed by atoms with E-state index in [0.29, 0.717) is 12.8 Å². The van der Waals surface area contributed by atoms with Crippen molar-refractivity contribution in [2.75, 3.05) is 0 Å². The zero-order chi connectivity index (χ0) is 21.9. The standard InChI is InChI=1S/C26H30N2O3/c1-20-15-16-22(18-27-20)19-31-26(30)28-25(23-12-6-3-7-13-23)17-24(29)14-8-11-21-9-4-2-5-10-21/h2-7,9-10,12-13,15-16,18,24-25,29H,8,11,14,17,19H2,1H3,(H,28,30). The lowest BCUT2D eigenvalue weighted by Gasteiger charge is -2.22. The number of hydrogen-bond donors (Lipinski definition) is 2. The molecule has 0 saturated heterocycles. The number of aromatic nitrogens is 1. The molecule has 0 aliphatic heterocycles. The fourth-order valence-electron chi connectivity index (χ4n) is 3.46. The molecule has 0 bridgehead atoms. The molecule has 2 unspecified atom stereocenters. The minimum Gasteiger partial charge on any atom is -0.445 e. The molecule has 3 rings (SSSR count). The Labute approximate surface area is 184 Å². The minimum absolute atomic E-state index is 0.153. The summed E-state index contributed by atoms with van der Waals surface area (Å²) in [5.41, 5.74) is 3.96. The summed E-state index contributed by atoms with van der Waals surface area (Å²) < 4.78 is 5.37. The van der Waals surface area contributed by atoms with Crippen molar-refractivity contribution in [2.45, 2.75) is 51.4 Å². The summed E-state index contributed by atoms with van der Waals surface area (Å²) in [4.78, 5) is 16.6. The first kappa shape index (κ1) is 22.5. The number of aryl methyl sites for hydroxylation is 2. The second-order valence-corrected chi connectivity index (χ2v) is 7.76. The van der Waals surface area contributed by atoms with Gasteiger partial charge in [-0.1, -0.05) is 66.7 Å². The first-order chi connectivity index (χ1) is 15.1. The van der Waals surface area contributed by atoms with Gasteiger partial charge in [-0.15, -0.1) is 0 Å². The summed E-state index contributed by atoms with van der Waals surface area (Å²) in [6.45, 7) is 2.06.